The number of benzene rings is 2. The Kier molecular flexibility index (Phi) is 4.59. The molecule has 2 aromatic carbocycles. The molecule has 1 aliphatic rings. The highest BCUT2D eigenvalue weighted by Gasteiger charge is 2.20. The molecule has 0 fully saturated rings. The number of hydrogen-bond acceptors (Lipinski definition) is 2. The van der Waals surface area contributed by atoms with Crippen LogP contribution in [0.15, 0.2) is 48.5 Å². The van der Waals surface area contributed by atoms with E-state index >= 15 is 0 Å². The van der Waals surface area contributed by atoms with E-state index in [4.69, 9.17) is 11.6 Å². The largest absolute Gasteiger partial charge is 0.313 e. The van der Waals surface area contributed by atoms with Gasteiger partial charge in [-0.15, -0.1) is 0 Å². The Balaban J connectivity index is 1.83. The molecular weight excluding hydrogens is 280 g/mol. The summed E-state index contributed by atoms with van der Waals surface area (Å²) in [6, 6.07) is 17.3. The van der Waals surface area contributed by atoms with Crippen LogP contribution >= 0.6 is 11.6 Å². The van der Waals surface area contributed by atoms with Gasteiger partial charge in [-0.05, 0) is 42.6 Å². The molecule has 0 amide bonds. The van der Waals surface area contributed by atoms with E-state index in [1.54, 1.807) is 0 Å². The number of hydrogen-bond donors (Lipinski definition) is 2. The average molecular weight is 301 g/mol. The third kappa shape index (κ3) is 3.29. The quantitative estimate of drug-likeness (QED) is 0.886. The van der Waals surface area contributed by atoms with E-state index in [1.807, 2.05) is 18.2 Å². The minimum Gasteiger partial charge on any atom is -0.313 e. The fraction of sp³-hybridized carbons (Fsp3) is 0.333. The van der Waals surface area contributed by atoms with E-state index in [-0.39, 0.29) is 6.04 Å². The van der Waals surface area contributed by atoms with Gasteiger partial charge in [0.2, 0.25) is 0 Å². The van der Waals surface area contributed by atoms with Gasteiger partial charge in [-0.25, -0.2) is 0 Å². The number of rotatable bonds is 3. The summed E-state index contributed by atoms with van der Waals surface area (Å²) in [5.74, 6) is 0. The summed E-state index contributed by atoms with van der Waals surface area (Å²) >= 11 is 6.32. The van der Waals surface area contributed by atoms with Crippen molar-refractivity contribution in [2.75, 3.05) is 6.54 Å². The monoisotopic (exact) mass is 300 g/mol. The summed E-state index contributed by atoms with van der Waals surface area (Å²) in [4.78, 5) is 0. The minimum atomic E-state index is 0.231. The Morgan fingerprint density at radius 2 is 1.90 bits per heavy atom. The van der Waals surface area contributed by atoms with Crippen molar-refractivity contribution in [2.45, 2.75) is 32.0 Å². The molecule has 0 radical (unpaired) electrons. The van der Waals surface area contributed by atoms with Crippen molar-refractivity contribution in [3.63, 3.8) is 0 Å². The molecule has 2 atom stereocenters. The van der Waals surface area contributed by atoms with Gasteiger partial charge in [0.1, 0.15) is 0 Å². The van der Waals surface area contributed by atoms with Gasteiger partial charge in [-0.1, -0.05) is 54.1 Å². The molecule has 0 saturated carbocycles. The van der Waals surface area contributed by atoms with Crippen molar-refractivity contribution in [2.24, 2.45) is 0 Å². The van der Waals surface area contributed by atoms with Crippen LogP contribution in [0.3, 0.4) is 0 Å². The average Bonchev–Trinajstić information content (AvgIpc) is 2.70. The lowest BCUT2D eigenvalue weighted by atomic mass is 9.97. The zero-order valence-electron chi connectivity index (χ0n) is 12.3. The molecule has 2 nitrogen and oxygen atoms in total. The summed E-state index contributed by atoms with van der Waals surface area (Å²) in [6.07, 6.45) is 1.09. The second-order valence-electron chi connectivity index (χ2n) is 5.63. The second-order valence-corrected chi connectivity index (χ2v) is 6.03. The summed E-state index contributed by atoms with van der Waals surface area (Å²) in [6.45, 7) is 4.17. The summed E-state index contributed by atoms with van der Waals surface area (Å²) < 4.78 is 0. The van der Waals surface area contributed by atoms with Crippen molar-refractivity contribution in [1.29, 1.82) is 0 Å². The molecule has 1 unspecified atom stereocenters. The first kappa shape index (κ1) is 14.6. The van der Waals surface area contributed by atoms with Crippen LogP contribution in [0.4, 0.5) is 0 Å². The molecule has 2 N–H and O–H groups in total. The molecule has 1 aliphatic heterocycles. The van der Waals surface area contributed by atoms with E-state index in [1.165, 1.54) is 11.1 Å². The Labute approximate surface area is 131 Å². The fourth-order valence-corrected chi connectivity index (χ4v) is 3.35. The zero-order valence-corrected chi connectivity index (χ0v) is 13.0. The van der Waals surface area contributed by atoms with Crippen LogP contribution in [0.1, 0.15) is 42.1 Å². The van der Waals surface area contributed by atoms with E-state index in [9.17, 15) is 0 Å². The van der Waals surface area contributed by atoms with Crippen molar-refractivity contribution in [3.8, 4) is 0 Å². The second kappa shape index (κ2) is 6.61. The van der Waals surface area contributed by atoms with Crippen molar-refractivity contribution in [3.05, 3.63) is 70.2 Å². The van der Waals surface area contributed by atoms with Crippen molar-refractivity contribution >= 4 is 11.6 Å². The highest BCUT2D eigenvalue weighted by atomic mass is 35.5. The highest BCUT2D eigenvalue weighted by molar-refractivity contribution is 6.31. The van der Waals surface area contributed by atoms with Crippen LogP contribution in [0.25, 0.3) is 0 Å². The summed E-state index contributed by atoms with van der Waals surface area (Å²) in [7, 11) is 0. The van der Waals surface area contributed by atoms with Crippen LogP contribution in [-0.2, 0) is 6.54 Å². The SMILES string of the molecule is C[C@@H](NC1CCNCc2ccccc21)c1ccccc1Cl. The molecule has 1 heterocycles. The third-order valence-electron chi connectivity index (χ3n) is 4.18. The number of fused-ring (bicyclic) bond motifs is 1. The maximum atomic E-state index is 6.32. The Morgan fingerprint density at radius 3 is 2.76 bits per heavy atom. The van der Waals surface area contributed by atoms with Crippen molar-refractivity contribution in [1.82, 2.24) is 10.6 Å². The molecule has 0 saturated heterocycles. The Hall–Kier alpha value is -1.35. The molecule has 0 aliphatic carbocycles. The molecular formula is C18H21ClN2. The molecule has 110 valence electrons. The molecule has 0 bridgehead atoms. The van der Waals surface area contributed by atoms with Gasteiger partial charge >= 0.3 is 0 Å². The lowest BCUT2D eigenvalue weighted by Crippen LogP contribution is -2.26. The Morgan fingerprint density at radius 1 is 1.14 bits per heavy atom. The van der Waals surface area contributed by atoms with Crippen LogP contribution < -0.4 is 10.6 Å². The molecule has 21 heavy (non-hydrogen) atoms. The van der Waals surface area contributed by atoms with Gasteiger partial charge in [0.05, 0.1) is 0 Å². The molecule has 0 spiro atoms. The first-order chi connectivity index (χ1) is 10.3. The molecule has 2 aromatic rings. The standard InChI is InChI=1S/C18H21ClN2/c1-13(15-7-4-5-9-17(15)19)21-18-10-11-20-12-14-6-2-3-8-16(14)18/h2-9,13,18,20-21H,10-12H2,1H3/t13-,18?/m1/s1. The van der Waals surface area contributed by atoms with E-state index < -0.39 is 0 Å². The molecule has 3 rings (SSSR count). The van der Waals surface area contributed by atoms with Gasteiger partial charge < -0.3 is 10.6 Å². The van der Waals surface area contributed by atoms with Gasteiger partial charge in [-0.2, -0.15) is 0 Å². The highest BCUT2D eigenvalue weighted by Crippen LogP contribution is 2.29. The normalized spacial score (nSPS) is 19.6. The maximum absolute atomic E-state index is 6.32. The predicted molar refractivity (Wildman–Crippen MR) is 88.5 cm³/mol. The zero-order chi connectivity index (χ0) is 14.7. The fourth-order valence-electron chi connectivity index (χ4n) is 3.05. The van der Waals surface area contributed by atoms with Crippen LogP contribution in [0.5, 0.6) is 0 Å². The molecule has 0 aromatic heterocycles. The maximum Gasteiger partial charge on any atom is 0.0453 e. The number of nitrogens with one attached hydrogen (secondary N) is 2. The predicted octanol–water partition coefficient (Wildman–Crippen LogP) is 4.23. The topological polar surface area (TPSA) is 24.1 Å². The van der Waals surface area contributed by atoms with Crippen LogP contribution in [0.2, 0.25) is 5.02 Å². The summed E-state index contributed by atoms with van der Waals surface area (Å²) in [5.41, 5.74) is 3.95. The smallest absolute Gasteiger partial charge is 0.0453 e. The van der Waals surface area contributed by atoms with Gasteiger partial charge in [0, 0.05) is 23.7 Å². The van der Waals surface area contributed by atoms with E-state index in [0.29, 0.717) is 6.04 Å². The minimum absolute atomic E-state index is 0.231. The lowest BCUT2D eigenvalue weighted by Gasteiger charge is -2.24. The van der Waals surface area contributed by atoms with E-state index in [0.717, 1.165) is 30.1 Å². The third-order valence-corrected chi connectivity index (χ3v) is 4.52. The van der Waals surface area contributed by atoms with Gasteiger partial charge in [-0.3, -0.25) is 0 Å². The van der Waals surface area contributed by atoms with E-state index in [2.05, 4.69) is 47.9 Å². The van der Waals surface area contributed by atoms with Crippen molar-refractivity contribution < 1.29 is 0 Å². The first-order valence-corrected chi connectivity index (χ1v) is 7.92. The van der Waals surface area contributed by atoms with Gasteiger partial charge in [0.25, 0.3) is 0 Å². The first-order valence-electron chi connectivity index (χ1n) is 7.54. The summed E-state index contributed by atoms with van der Waals surface area (Å²) in [5, 5.41) is 8.07. The Bertz CT molecular complexity index is 612. The van der Waals surface area contributed by atoms with Crippen LogP contribution in [-0.4, -0.2) is 6.54 Å². The van der Waals surface area contributed by atoms with Gasteiger partial charge in [0.15, 0.2) is 0 Å². The number of halogens is 1. The van der Waals surface area contributed by atoms with Crippen LogP contribution in [0, 0.1) is 0 Å². The lowest BCUT2D eigenvalue weighted by molar-refractivity contribution is 0.443. The molecule has 3 heteroatoms.